The molecule has 1 amide bonds. The second-order valence-electron chi connectivity index (χ2n) is 3.23. The molecular weight excluding hydrogens is 156 g/mol. The van der Waals surface area contributed by atoms with Gasteiger partial charge in [0, 0.05) is 18.9 Å². The van der Waals surface area contributed by atoms with E-state index in [1.165, 1.54) is 0 Å². The lowest BCUT2D eigenvalue weighted by Gasteiger charge is -2.18. The van der Waals surface area contributed by atoms with Crippen LogP contribution < -0.4 is 11.2 Å². The Kier molecular flexibility index (Phi) is 3.49. The zero-order valence-electron chi connectivity index (χ0n) is 7.38. The summed E-state index contributed by atoms with van der Waals surface area (Å²) in [7, 11) is 0. The van der Waals surface area contributed by atoms with E-state index in [-0.39, 0.29) is 17.9 Å². The summed E-state index contributed by atoms with van der Waals surface area (Å²) in [4.78, 5) is 15.7. The number of carbonyl (C=O) groups excluding carboxylic acids is 1. The number of amides is 1. The molecular formula is C8H16N2O2. The molecule has 1 unspecified atom stereocenters. The summed E-state index contributed by atoms with van der Waals surface area (Å²) < 4.78 is 0. The van der Waals surface area contributed by atoms with Crippen molar-refractivity contribution < 1.29 is 9.63 Å². The smallest absolute Gasteiger partial charge is 0.220 e. The van der Waals surface area contributed by atoms with Gasteiger partial charge in [-0.05, 0) is 6.42 Å². The maximum Gasteiger partial charge on any atom is 0.220 e. The first kappa shape index (κ1) is 9.48. The molecule has 2 atom stereocenters. The van der Waals surface area contributed by atoms with Crippen molar-refractivity contribution in [2.24, 2.45) is 11.8 Å². The van der Waals surface area contributed by atoms with Crippen LogP contribution in [0.2, 0.25) is 0 Å². The van der Waals surface area contributed by atoms with Gasteiger partial charge in [-0.25, -0.2) is 5.90 Å². The molecule has 1 aliphatic rings. The van der Waals surface area contributed by atoms with Crippen LogP contribution in [-0.4, -0.2) is 18.6 Å². The molecule has 1 rings (SSSR count). The van der Waals surface area contributed by atoms with Crippen LogP contribution in [0.1, 0.15) is 26.2 Å². The predicted molar refractivity (Wildman–Crippen MR) is 45.1 cm³/mol. The molecule has 0 aromatic carbocycles. The Morgan fingerprint density at radius 3 is 3.00 bits per heavy atom. The predicted octanol–water partition coefficient (Wildman–Crippen LogP) is 0.182. The van der Waals surface area contributed by atoms with E-state index in [1.54, 1.807) is 0 Å². The summed E-state index contributed by atoms with van der Waals surface area (Å²) >= 11 is 0. The third-order valence-corrected chi connectivity index (χ3v) is 2.28. The Morgan fingerprint density at radius 1 is 1.83 bits per heavy atom. The highest BCUT2D eigenvalue weighted by atomic mass is 16.6. The number of rotatable bonds is 4. The van der Waals surface area contributed by atoms with Crippen LogP contribution in [0.4, 0.5) is 0 Å². The summed E-state index contributed by atoms with van der Waals surface area (Å²) in [5.41, 5.74) is 0. The molecule has 1 fully saturated rings. The molecule has 0 aromatic heterocycles. The maximum atomic E-state index is 10.9. The number of hydrogen-bond donors (Lipinski definition) is 2. The quantitative estimate of drug-likeness (QED) is 0.595. The lowest BCUT2D eigenvalue weighted by molar-refractivity contribution is -0.119. The van der Waals surface area contributed by atoms with Gasteiger partial charge in [0.1, 0.15) is 0 Å². The third-order valence-electron chi connectivity index (χ3n) is 2.28. The lowest BCUT2D eigenvalue weighted by atomic mass is 9.98. The number of nitrogens with two attached hydrogens (primary N) is 1. The van der Waals surface area contributed by atoms with Gasteiger partial charge in [-0.15, -0.1) is 0 Å². The number of nitrogens with one attached hydrogen (secondary N) is 1. The molecule has 4 heteroatoms. The summed E-state index contributed by atoms with van der Waals surface area (Å²) in [5, 5.41) is 2.77. The van der Waals surface area contributed by atoms with Gasteiger partial charge < -0.3 is 10.2 Å². The lowest BCUT2D eigenvalue weighted by Crippen LogP contribution is -2.28. The van der Waals surface area contributed by atoms with E-state index >= 15 is 0 Å². The first-order valence-electron chi connectivity index (χ1n) is 4.40. The van der Waals surface area contributed by atoms with Gasteiger partial charge in [0.05, 0.1) is 6.10 Å². The highest BCUT2D eigenvalue weighted by Crippen LogP contribution is 2.19. The van der Waals surface area contributed by atoms with Gasteiger partial charge in [-0.2, -0.15) is 0 Å². The minimum Gasteiger partial charge on any atom is -0.356 e. The van der Waals surface area contributed by atoms with Crippen LogP contribution in [0.15, 0.2) is 0 Å². The summed E-state index contributed by atoms with van der Waals surface area (Å²) in [6.45, 7) is 2.79. The minimum absolute atomic E-state index is 0.0361. The fourth-order valence-electron chi connectivity index (χ4n) is 1.59. The Balaban J connectivity index is 2.38. The van der Waals surface area contributed by atoms with Crippen LogP contribution in [0.25, 0.3) is 0 Å². The van der Waals surface area contributed by atoms with E-state index in [0.29, 0.717) is 13.0 Å². The molecule has 1 aliphatic heterocycles. The normalized spacial score (nSPS) is 25.5. The van der Waals surface area contributed by atoms with E-state index in [2.05, 4.69) is 12.2 Å². The molecule has 0 spiro atoms. The average molecular weight is 172 g/mol. The summed E-state index contributed by atoms with van der Waals surface area (Å²) in [6.07, 6.45) is 2.55. The van der Waals surface area contributed by atoms with Crippen molar-refractivity contribution in [2.45, 2.75) is 32.3 Å². The van der Waals surface area contributed by atoms with Crippen LogP contribution in [0, 0.1) is 5.92 Å². The molecule has 1 heterocycles. The SMILES string of the molecule is CCCC(ON)[C@H]1CNC(=O)C1. The highest BCUT2D eigenvalue weighted by Gasteiger charge is 2.28. The minimum atomic E-state index is 0.0361. The van der Waals surface area contributed by atoms with Gasteiger partial charge >= 0.3 is 0 Å². The monoisotopic (exact) mass is 172 g/mol. The van der Waals surface area contributed by atoms with Crippen molar-refractivity contribution in [3.63, 3.8) is 0 Å². The molecule has 12 heavy (non-hydrogen) atoms. The number of hydrogen-bond acceptors (Lipinski definition) is 3. The van der Waals surface area contributed by atoms with Crippen LogP contribution in [0.5, 0.6) is 0 Å². The Hall–Kier alpha value is -0.610. The molecule has 4 nitrogen and oxygen atoms in total. The molecule has 0 radical (unpaired) electrons. The average Bonchev–Trinajstić information content (AvgIpc) is 2.47. The third kappa shape index (κ3) is 2.19. The van der Waals surface area contributed by atoms with Gasteiger partial charge in [-0.1, -0.05) is 13.3 Å². The standard InChI is InChI=1S/C8H16N2O2/c1-2-3-7(12-9)6-4-8(11)10-5-6/h6-7H,2-5,9H2,1H3,(H,10,11)/t6-,7?/m1/s1. The Labute approximate surface area is 72.4 Å². The first-order chi connectivity index (χ1) is 5.77. The number of carbonyl (C=O) groups is 1. The van der Waals surface area contributed by atoms with Crippen molar-refractivity contribution in [3.05, 3.63) is 0 Å². The van der Waals surface area contributed by atoms with Crippen molar-refractivity contribution in [1.82, 2.24) is 5.32 Å². The topological polar surface area (TPSA) is 64.3 Å². The molecule has 1 saturated heterocycles. The van der Waals surface area contributed by atoms with Crippen molar-refractivity contribution in [2.75, 3.05) is 6.54 Å². The van der Waals surface area contributed by atoms with Gasteiger partial charge in [0.25, 0.3) is 0 Å². The van der Waals surface area contributed by atoms with Crippen LogP contribution in [-0.2, 0) is 9.63 Å². The molecule has 0 bridgehead atoms. The zero-order chi connectivity index (χ0) is 8.97. The van der Waals surface area contributed by atoms with Gasteiger partial charge in [0.15, 0.2) is 0 Å². The second-order valence-corrected chi connectivity index (χ2v) is 3.23. The molecule has 0 aromatic rings. The van der Waals surface area contributed by atoms with E-state index in [9.17, 15) is 4.79 Å². The molecule has 3 N–H and O–H groups in total. The van der Waals surface area contributed by atoms with Crippen molar-refractivity contribution >= 4 is 5.91 Å². The van der Waals surface area contributed by atoms with Crippen molar-refractivity contribution in [3.8, 4) is 0 Å². The summed E-state index contributed by atoms with van der Waals surface area (Å²) in [5.74, 6) is 5.52. The molecule has 0 saturated carbocycles. The largest absolute Gasteiger partial charge is 0.356 e. The van der Waals surface area contributed by atoms with E-state index < -0.39 is 0 Å². The first-order valence-corrected chi connectivity index (χ1v) is 4.40. The van der Waals surface area contributed by atoms with Crippen molar-refractivity contribution in [1.29, 1.82) is 0 Å². The fraction of sp³-hybridized carbons (Fsp3) is 0.875. The van der Waals surface area contributed by atoms with Gasteiger partial charge in [0.2, 0.25) is 5.91 Å². The molecule has 70 valence electrons. The maximum absolute atomic E-state index is 10.9. The fourth-order valence-corrected chi connectivity index (χ4v) is 1.59. The van der Waals surface area contributed by atoms with E-state index in [1.807, 2.05) is 0 Å². The Morgan fingerprint density at radius 2 is 2.58 bits per heavy atom. The Bertz CT molecular complexity index is 161. The van der Waals surface area contributed by atoms with Gasteiger partial charge in [-0.3, -0.25) is 4.79 Å². The zero-order valence-corrected chi connectivity index (χ0v) is 7.38. The van der Waals surface area contributed by atoms with Crippen LogP contribution in [0.3, 0.4) is 0 Å². The molecule has 0 aliphatic carbocycles. The highest BCUT2D eigenvalue weighted by molar-refractivity contribution is 5.78. The van der Waals surface area contributed by atoms with E-state index in [4.69, 9.17) is 10.7 Å². The summed E-state index contributed by atoms with van der Waals surface area (Å²) in [6, 6.07) is 0. The van der Waals surface area contributed by atoms with Crippen LogP contribution >= 0.6 is 0 Å². The van der Waals surface area contributed by atoms with E-state index in [0.717, 1.165) is 12.8 Å². The second kappa shape index (κ2) is 4.42.